The van der Waals surface area contributed by atoms with Gasteiger partial charge >= 0.3 is 0 Å². The Morgan fingerprint density at radius 1 is 1.35 bits per heavy atom. The first-order valence-corrected chi connectivity index (χ1v) is 6.19. The first-order chi connectivity index (χ1) is 9.67. The van der Waals surface area contributed by atoms with Gasteiger partial charge in [-0.2, -0.15) is 15.2 Å². The molecule has 2 aromatic heterocycles. The Morgan fingerprint density at radius 2 is 2.20 bits per heavy atom. The lowest BCUT2D eigenvalue weighted by Crippen LogP contribution is -1.99. The third-order valence-electron chi connectivity index (χ3n) is 2.88. The summed E-state index contributed by atoms with van der Waals surface area (Å²) in [5.74, 6) is 0.524. The molecule has 0 bridgehead atoms. The Hall–Kier alpha value is -2.65. The highest BCUT2D eigenvalue weighted by molar-refractivity contribution is 6.28. The van der Waals surface area contributed by atoms with Crippen molar-refractivity contribution in [2.45, 2.75) is 6.92 Å². The molecule has 0 saturated heterocycles. The normalized spacial score (nSPS) is 10.4. The average molecular weight is 285 g/mol. The lowest BCUT2D eigenvalue weighted by molar-refractivity contribution is 1.19. The van der Waals surface area contributed by atoms with Crippen molar-refractivity contribution >= 4 is 34.3 Å². The van der Waals surface area contributed by atoms with Crippen molar-refractivity contribution in [3.8, 4) is 6.07 Å². The number of hydrogen-bond acceptors (Lipinski definition) is 5. The monoisotopic (exact) mass is 284 g/mol. The molecule has 2 heterocycles. The molecule has 0 amide bonds. The molecule has 20 heavy (non-hydrogen) atoms. The van der Waals surface area contributed by atoms with E-state index in [1.165, 1.54) is 6.33 Å². The fourth-order valence-corrected chi connectivity index (χ4v) is 2.02. The number of nitriles is 1. The van der Waals surface area contributed by atoms with Gasteiger partial charge in [0.2, 0.25) is 5.28 Å². The zero-order chi connectivity index (χ0) is 14.1. The third-order valence-corrected chi connectivity index (χ3v) is 3.05. The first-order valence-electron chi connectivity index (χ1n) is 5.82. The minimum Gasteiger partial charge on any atom is -0.340 e. The zero-order valence-electron chi connectivity index (χ0n) is 10.5. The van der Waals surface area contributed by atoms with Crippen molar-refractivity contribution in [1.29, 1.82) is 5.26 Å². The van der Waals surface area contributed by atoms with Crippen molar-refractivity contribution in [2.24, 2.45) is 0 Å². The van der Waals surface area contributed by atoms with E-state index in [0.717, 1.165) is 11.3 Å². The lowest BCUT2D eigenvalue weighted by atomic mass is 10.1. The number of aromatic nitrogens is 4. The maximum absolute atomic E-state index is 8.96. The molecule has 2 N–H and O–H groups in total. The van der Waals surface area contributed by atoms with Crippen LogP contribution in [-0.2, 0) is 0 Å². The largest absolute Gasteiger partial charge is 0.340 e. The number of aryl methyl sites for hydroxylation is 1. The van der Waals surface area contributed by atoms with Gasteiger partial charge in [-0.1, -0.05) is 6.07 Å². The number of nitrogens with one attached hydrogen (secondary N) is 2. The molecule has 0 unspecified atom stereocenters. The van der Waals surface area contributed by atoms with E-state index in [1.807, 2.05) is 13.0 Å². The molecule has 1 aromatic carbocycles. The predicted octanol–water partition coefficient (Wildman–Crippen LogP) is 2.93. The van der Waals surface area contributed by atoms with E-state index < -0.39 is 0 Å². The van der Waals surface area contributed by atoms with Crippen LogP contribution in [0.4, 0.5) is 11.5 Å². The summed E-state index contributed by atoms with van der Waals surface area (Å²) in [5, 5.41) is 12.2. The van der Waals surface area contributed by atoms with Crippen molar-refractivity contribution in [3.63, 3.8) is 0 Å². The van der Waals surface area contributed by atoms with E-state index in [1.54, 1.807) is 12.1 Å². The van der Waals surface area contributed by atoms with E-state index in [0.29, 0.717) is 22.5 Å². The van der Waals surface area contributed by atoms with Crippen molar-refractivity contribution in [3.05, 3.63) is 40.9 Å². The van der Waals surface area contributed by atoms with Crippen LogP contribution in [0.15, 0.2) is 24.5 Å². The van der Waals surface area contributed by atoms with Gasteiger partial charge in [0.25, 0.3) is 0 Å². The molecule has 0 saturated carbocycles. The molecular formula is C13H9ClN6. The fraction of sp³-hybridized carbons (Fsp3) is 0.0769. The minimum absolute atomic E-state index is 0.112. The van der Waals surface area contributed by atoms with E-state index >= 15 is 0 Å². The molecule has 7 heteroatoms. The Labute approximate surface area is 119 Å². The highest BCUT2D eigenvalue weighted by Gasteiger charge is 2.10. The summed E-state index contributed by atoms with van der Waals surface area (Å²) >= 11 is 5.88. The van der Waals surface area contributed by atoms with Crippen LogP contribution in [0.5, 0.6) is 0 Å². The van der Waals surface area contributed by atoms with Crippen molar-refractivity contribution < 1.29 is 0 Å². The van der Waals surface area contributed by atoms with Crippen LogP contribution in [0.1, 0.15) is 11.1 Å². The Bertz CT molecular complexity index is 832. The predicted molar refractivity (Wildman–Crippen MR) is 75.9 cm³/mol. The molecule has 0 spiro atoms. The van der Waals surface area contributed by atoms with Crippen LogP contribution in [0.2, 0.25) is 5.28 Å². The van der Waals surface area contributed by atoms with Gasteiger partial charge in [-0.05, 0) is 36.2 Å². The molecule has 0 radical (unpaired) electrons. The molecule has 0 fully saturated rings. The summed E-state index contributed by atoms with van der Waals surface area (Å²) in [5.41, 5.74) is 3.50. The van der Waals surface area contributed by atoms with E-state index in [9.17, 15) is 0 Å². The van der Waals surface area contributed by atoms with E-state index in [4.69, 9.17) is 16.9 Å². The Kier molecular flexibility index (Phi) is 2.97. The minimum atomic E-state index is 0.112. The van der Waals surface area contributed by atoms with Crippen LogP contribution in [0.25, 0.3) is 11.2 Å². The maximum atomic E-state index is 8.96. The van der Waals surface area contributed by atoms with Gasteiger partial charge in [-0.15, -0.1) is 0 Å². The number of fused-ring (bicyclic) bond motifs is 1. The molecule has 3 aromatic rings. The van der Waals surface area contributed by atoms with Gasteiger partial charge < -0.3 is 10.3 Å². The summed E-state index contributed by atoms with van der Waals surface area (Å²) in [4.78, 5) is 15.2. The molecule has 0 aliphatic rings. The van der Waals surface area contributed by atoms with E-state index in [-0.39, 0.29) is 5.28 Å². The maximum Gasteiger partial charge on any atom is 0.226 e. The molecule has 6 nitrogen and oxygen atoms in total. The van der Waals surface area contributed by atoms with Gasteiger partial charge in [0.1, 0.15) is 5.52 Å². The second-order valence-corrected chi connectivity index (χ2v) is 4.55. The van der Waals surface area contributed by atoms with Gasteiger partial charge in [-0.3, -0.25) is 0 Å². The van der Waals surface area contributed by atoms with Crippen LogP contribution < -0.4 is 5.32 Å². The molecule has 98 valence electrons. The molecular weight excluding hydrogens is 276 g/mol. The first kappa shape index (κ1) is 12.4. The van der Waals surface area contributed by atoms with Crippen molar-refractivity contribution in [2.75, 3.05) is 5.32 Å². The second kappa shape index (κ2) is 4.79. The number of benzene rings is 1. The quantitative estimate of drug-likeness (QED) is 0.706. The second-order valence-electron chi connectivity index (χ2n) is 4.21. The number of hydrogen-bond donors (Lipinski definition) is 2. The third kappa shape index (κ3) is 2.15. The van der Waals surface area contributed by atoms with Gasteiger partial charge in [0.15, 0.2) is 11.5 Å². The molecule has 0 atom stereocenters. The topological polar surface area (TPSA) is 90.3 Å². The smallest absolute Gasteiger partial charge is 0.226 e. The van der Waals surface area contributed by atoms with Gasteiger partial charge in [0, 0.05) is 5.69 Å². The summed E-state index contributed by atoms with van der Waals surface area (Å²) in [6, 6.07) is 7.49. The fourth-order valence-electron chi connectivity index (χ4n) is 1.85. The molecule has 3 rings (SSSR count). The summed E-state index contributed by atoms with van der Waals surface area (Å²) in [6.07, 6.45) is 1.53. The van der Waals surface area contributed by atoms with Crippen LogP contribution >= 0.6 is 11.6 Å². The molecule has 0 aliphatic carbocycles. The van der Waals surface area contributed by atoms with E-state index in [2.05, 4.69) is 31.3 Å². The van der Waals surface area contributed by atoms with Crippen LogP contribution in [0.3, 0.4) is 0 Å². The van der Waals surface area contributed by atoms with Gasteiger partial charge in [0.05, 0.1) is 18.0 Å². The highest BCUT2D eigenvalue weighted by Crippen LogP contribution is 2.25. The highest BCUT2D eigenvalue weighted by atomic mass is 35.5. The average Bonchev–Trinajstić information content (AvgIpc) is 2.89. The van der Waals surface area contributed by atoms with Crippen LogP contribution in [0, 0.1) is 18.3 Å². The summed E-state index contributed by atoms with van der Waals surface area (Å²) in [6.45, 7) is 1.94. The van der Waals surface area contributed by atoms with Crippen LogP contribution in [-0.4, -0.2) is 19.9 Å². The number of H-pyrrole nitrogens is 1. The standard InChI is InChI=1S/C13H9ClN6/c1-7-2-3-8(5-15)4-9(7)18-12-10-11(17-6-16-10)19-13(14)20-12/h2-4,6H,1H3,(H2,16,17,18,19,20). The number of aromatic amines is 1. The number of halogens is 1. The Morgan fingerprint density at radius 3 is 3.00 bits per heavy atom. The van der Waals surface area contributed by atoms with Crippen molar-refractivity contribution in [1.82, 2.24) is 19.9 Å². The number of imidazole rings is 1. The number of nitrogens with zero attached hydrogens (tertiary/aromatic N) is 4. The molecule has 0 aliphatic heterocycles. The number of anilines is 2. The SMILES string of the molecule is Cc1ccc(C#N)cc1Nc1nc(Cl)nc2nc[nH]c12. The number of rotatable bonds is 2. The lowest BCUT2D eigenvalue weighted by Gasteiger charge is -2.09. The summed E-state index contributed by atoms with van der Waals surface area (Å²) < 4.78 is 0. The zero-order valence-corrected chi connectivity index (χ0v) is 11.2. The van der Waals surface area contributed by atoms with Gasteiger partial charge in [-0.25, -0.2) is 4.98 Å². The Balaban J connectivity index is 2.09. The summed E-state index contributed by atoms with van der Waals surface area (Å²) in [7, 11) is 0.